The predicted octanol–water partition coefficient (Wildman–Crippen LogP) is 2.27. The molecule has 3 nitrogen and oxygen atoms in total. The molecule has 1 saturated heterocycles. The monoisotopic (exact) mass is 240 g/mol. The van der Waals surface area contributed by atoms with Crippen molar-refractivity contribution in [2.45, 2.75) is 53.0 Å². The van der Waals surface area contributed by atoms with Crippen molar-refractivity contribution in [2.24, 2.45) is 11.3 Å². The molecule has 0 aromatic rings. The van der Waals surface area contributed by atoms with E-state index < -0.39 is 0 Å². The van der Waals surface area contributed by atoms with Crippen molar-refractivity contribution in [3.05, 3.63) is 0 Å². The maximum absolute atomic E-state index is 12.1. The number of amides is 1. The summed E-state index contributed by atoms with van der Waals surface area (Å²) in [7, 11) is 2.09. The third-order valence-corrected chi connectivity index (χ3v) is 3.86. The molecule has 0 aromatic heterocycles. The van der Waals surface area contributed by atoms with Gasteiger partial charge in [0.2, 0.25) is 5.91 Å². The molecule has 1 aliphatic carbocycles. The average Bonchev–Trinajstić information content (AvgIpc) is 2.86. The van der Waals surface area contributed by atoms with E-state index in [0.29, 0.717) is 0 Å². The van der Waals surface area contributed by atoms with E-state index in [1.807, 2.05) is 13.8 Å². The van der Waals surface area contributed by atoms with Crippen LogP contribution in [0.1, 0.15) is 47.5 Å². The second-order valence-electron chi connectivity index (χ2n) is 6.29. The number of nitrogens with one attached hydrogen (secondary N) is 1. The summed E-state index contributed by atoms with van der Waals surface area (Å²) >= 11 is 0. The normalized spacial score (nSPS) is 29.2. The minimum absolute atomic E-state index is 0.115. The van der Waals surface area contributed by atoms with E-state index in [4.69, 9.17) is 0 Å². The average molecular weight is 240 g/mol. The quantitative estimate of drug-likeness (QED) is 0.803. The molecule has 1 aliphatic heterocycles. The lowest BCUT2D eigenvalue weighted by Crippen LogP contribution is -2.43. The standard InChI is InChI=1S/C12H22N2O.C2H6/c1-11(2)8-14(4)7-9(11)10(15)13-12(3)5-6-12;1-2/h9H,5-8H2,1-4H3,(H,13,15);1-2H3. The molecule has 1 N–H and O–H groups in total. The van der Waals surface area contributed by atoms with Gasteiger partial charge in [0.05, 0.1) is 5.92 Å². The lowest BCUT2D eigenvalue weighted by Gasteiger charge is -2.26. The van der Waals surface area contributed by atoms with Crippen molar-refractivity contribution in [3.8, 4) is 0 Å². The molecule has 2 fully saturated rings. The molecular weight excluding hydrogens is 212 g/mol. The van der Waals surface area contributed by atoms with E-state index in [-0.39, 0.29) is 22.8 Å². The Hall–Kier alpha value is -0.570. The molecule has 0 radical (unpaired) electrons. The minimum atomic E-state index is 0.115. The number of hydrogen-bond acceptors (Lipinski definition) is 2. The molecule has 2 rings (SSSR count). The van der Waals surface area contributed by atoms with Crippen molar-refractivity contribution < 1.29 is 4.79 Å². The summed E-state index contributed by atoms with van der Waals surface area (Å²) in [4.78, 5) is 14.4. The first-order chi connectivity index (χ1) is 7.82. The Labute approximate surface area is 106 Å². The Balaban J connectivity index is 0.000000686. The number of likely N-dealkylation sites (tertiary alicyclic amines) is 1. The van der Waals surface area contributed by atoms with Crippen LogP contribution in [0.2, 0.25) is 0 Å². The van der Waals surface area contributed by atoms with Crippen LogP contribution in [0.5, 0.6) is 0 Å². The third kappa shape index (κ3) is 3.44. The van der Waals surface area contributed by atoms with E-state index in [0.717, 1.165) is 25.9 Å². The van der Waals surface area contributed by atoms with Crippen LogP contribution >= 0.6 is 0 Å². The Bertz CT molecular complexity index is 282. The van der Waals surface area contributed by atoms with Gasteiger partial charge in [-0.1, -0.05) is 27.7 Å². The molecule has 0 bridgehead atoms. The van der Waals surface area contributed by atoms with Crippen LogP contribution in [0.3, 0.4) is 0 Å². The summed E-state index contributed by atoms with van der Waals surface area (Å²) in [6, 6.07) is 0. The molecule has 1 unspecified atom stereocenters. The number of rotatable bonds is 2. The molecule has 2 aliphatic rings. The zero-order valence-electron chi connectivity index (χ0n) is 12.3. The van der Waals surface area contributed by atoms with Gasteiger partial charge in [0.1, 0.15) is 0 Å². The fraction of sp³-hybridized carbons (Fsp3) is 0.929. The third-order valence-electron chi connectivity index (χ3n) is 3.86. The largest absolute Gasteiger partial charge is 0.351 e. The van der Waals surface area contributed by atoms with Gasteiger partial charge in [-0.3, -0.25) is 4.79 Å². The minimum Gasteiger partial charge on any atom is -0.351 e. The topological polar surface area (TPSA) is 32.3 Å². The van der Waals surface area contributed by atoms with Gasteiger partial charge < -0.3 is 10.2 Å². The van der Waals surface area contributed by atoms with E-state index in [1.54, 1.807) is 0 Å². The Morgan fingerprint density at radius 2 is 1.76 bits per heavy atom. The summed E-state index contributed by atoms with van der Waals surface area (Å²) < 4.78 is 0. The molecule has 1 saturated carbocycles. The molecule has 0 aromatic carbocycles. The first-order valence-corrected chi connectivity index (χ1v) is 6.83. The van der Waals surface area contributed by atoms with Gasteiger partial charge in [0.15, 0.2) is 0 Å². The summed E-state index contributed by atoms with van der Waals surface area (Å²) in [5.41, 5.74) is 0.235. The number of carbonyl (C=O) groups is 1. The van der Waals surface area contributed by atoms with Crippen LogP contribution < -0.4 is 5.32 Å². The lowest BCUT2D eigenvalue weighted by molar-refractivity contribution is -0.127. The highest BCUT2D eigenvalue weighted by molar-refractivity contribution is 5.81. The second kappa shape index (κ2) is 4.97. The van der Waals surface area contributed by atoms with E-state index in [1.165, 1.54) is 0 Å². The second-order valence-corrected chi connectivity index (χ2v) is 6.29. The highest BCUT2D eigenvalue weighted by atomic mass is 16.2. The molecule has 0 spiro atoms. The molecule has 1 heterocycles. The Morgan fingerprint density at radius 1 is 1.24 bits per heavy atom. The fourth-order valence-corrected chi connectivity index (χ4v) is 2.56. The van der Waals surface area contributed by atoms with Gasteiger partial charge in [-0.05, 0) is 32.2 Å². The molecule has 17 heavy (non-hydrogen) atoms. The molecule has 3 heteroatoms. The van der Waals surface area contributed by atoms with Crippen LogP contribution in [0.25, 0.3) is 0 Å². The lowest BCUT2D eigenvalue weighted by atomic mass is 9.81. The van der Waals surface area contributed by atoms with Gasteiger partial charge in [0, 0.05) is 18.6 Å². The fourth-order valence-electron chi connectivity index (χ4n) is 2.56. The summed E-state index contributed by atoms with van der Waals surface area (Å²) in [5, 5.41) is 3.18. The molecule has 100 valence electrons. The van der Waals surface area contributed by atoms with Crippen molar-refractivity contribution in [1.82, 2.24) is 10.2 Å². The van der Waals surface area contributed by atoms with E-state index in [9.17, 15) is 4.79 Å². The zero-order chi connectivity index (χ0) is 13.3. The van der Waals surface area contributed by atoms with Gasteiger partial charge in [-0.25, -0.2) is 0 Å². The number of carbonyl (C=O) groups excluding carboxylic acids is 1. The zero-order valence-corrected chi connectivity index (χ0v) is 12.3. The molecular formula is C14H28N2O. The smallest absolute Gasteiger partial charge is 0.225 e. The summed E-state index contributed by atoms with van der Waals surface area (Å²) in [6.07, 6.45) is 2.28. The van der Waals surface area contributed by atoms with Gasteiger partial charge >= 0.3 is 0 Å². The number of nitrogens with zero attached hydrogens (tertiary/aromatic N) is 1. The summed E-state index contributed by atoms with van der Waals surface area (Å²) in [6.45, 7) is 12.4. The van der Waals surface area contributed by atoms with Crippen LogP contribution in [0.15, 0.2) is 0 Å². The Morgan fingerprint density at radius 3 is 2.12 bits per heavy atom. The predicted molar refractivity (Wildman–Crippen MR) is 71.9 cm³/mol. The highest BCUT2D eigenvalue weighted by Crippen LogP contribution is 2.38. The molecule has 1 amide bonds. The van der Waals surface area contributed by atoms with Gasteiger partial charge in [-0.2, -0.15) is 0 Å². The first-order valence-electron chi connectivity index (χ1n) is 6.83. The van der Waals surface area contributed by atoms with Gasteiger partial charge in [0.25, 0.3) is 0 Å². The highest BCUT2D eigenvalue weighted by Gasteiger charge is 2.46. The van der Waals surface area contributed by atoms with Crippen LogP contribution in [-0.4, -0.2) is 36.5 Å². The Kier molecular flexibility index (Phi) is 4.23. The maximum atomic E-state index is 12.1. The van der Waals surface area contributed by atoms with Crippen molar-refractivity contribution in [2.75, 3.05) is 20.1 Å². The van der Waals surface area contributed by atoms with E-state index >= 15 is 0 Å². The van der Waals surface area contributed by atoms with E-state index in [2.05, 4.69) is 38.0 Å². The first kappa shape index (κ1) is 14.5. The SMILES string of the molecule is CC.CN1CC(C(=O)NC2(C)CC2)C(C)(C)C1. The number of hydrogen-bond donors (Lipinski definition) is 1. The van der Waals surface area contributed by atoms with Gasteiger partial charge in [-0.15, -0.1) is 0 Å². The molecule has 1 atom stereocenters. The van der Waals surface area contributed by atoms with Crippen molar-refractivity contribution >= 4 is 5.91 Å². The van der Waals surface area contributed by atoms with Crippen molar-refractivity contribution in [1.29, 1.82) is 0 Å². The summed E-state index contributed by atoms with van der Waals surface area (Å²) in [5.74, 6) is 0.407. The van der Waals surface area contributed by atoms with Crippen molar-refractivity contribution in [3.63, 3.8) is 0 Å². The van der Waals surface area contributed by atoms with Crippen LogP contribution in [0, 0.1) is 11.3 Å². The maximum Gasteiger partial charge on any atom is 0.225 e. The van der Waals surface area contributed by atoms with Crippen LogP contribution in [0.4, 0.5) is 0 Å². The van der Waals surface area contributed by atoms with Crippen LogP contribution in [-0.2, 0) is 4.79 Å².